The van der Waals surface area contributed by atoms with Crippen LogP contribution in [0.15, 0.2) is 53.8 Å². The van der Waals surface area contributed by atoms with E-state index in [1.807, 2.05) is 4.90 Å². The summed E-state index contributed by atoms with van der Waals surface area (Å²) >= 11 is 3.25. The molecule has 1 aliphatic heterocycles. The number of nitrogens with zero attached hydrogens (tertiary/aromatic N) is 3. The summed E-state index contributed by atoms with van der Waals surface area (Å²) in [5.74, 6) is 0.374. The number of aromatic nitrogens is 2. The summed E-state index contributed by atoms with van der Waals surface area (Å²) in [6.07, 6.45) is 4.24. The van der Waals surface area contributed by atoms with Gasteiger partial charge in [-0.2, -0.15) is 0 Å². The zero-order chi connectivity index (χ0) is 24.9. The van der Waals surface area contributed by atoms with Crippen LogP contribution in [0.2, 0.25) is 0 Å². The Hall–Kier alpha value is -3.53. The second-order valence-electron chi connectivity index (χ2n) is 8.29. The Morgan fingerprint density at radius 2 is 2.00 bits per heavy atom. The van der Waals surface area contributed by atoms with E-state index in [-0.39, 0.29) is 17.5 Å². The van der Waals surface area contributed by atoms with Crippen LogP contribution in [0, 0.1) is 11.7 Å². The number of piperidine rings is 1. The minimum atomic E-state index is -0.443. The molecule has 4 rings (SSSR count). The van der Waals surface area contributed by atoms with Gasteiger partial charge in [0.15, 0.2) is 0 Å². The summed E-state index contributed by atoms with van der Waals surface area (Å²) in [5.41, 5.74) is 1.25. The Labute approximate surface area is 210 Å². The second-order valence-corrected chi connectivity index (χ2v) is 9.21. The third-order valence-electron chi connectivity index (χ3n) is 5.90. The predicted octanol–water partition coefficient (Wildman–Crippen LogP) is 5.04. The molecule has 2 heterocycles. The summed E-state index contributed by atoms with van der Waals surface area (Å²) in [5, 5.41) is 6.35. The minimum Gasteiger partial charge on any atom is -0.491 e. The van der Waals surface area contributed by atoms with Crippen molar-refractivity contribution >= 4 is 55.8 Å². The maximum Gasteiger partial charge on any atom is 0.247 e. The second kappa shape index (κ2) is 10.8. The normalized spacial score (nSPS) is 14.0. The van der Waals surface area contributed by atoms with Gasteiger partial charge in [0.1, 0.15) is 23.7 Å². The fourth-order valence-corrected chi connectivity index (χ4v) is 4.26. The molecule has 2 N–H and O–H groups in total. The number of nitrogens with one attached hydrogen (secondary N) is 2. The molecule has 0 spiro atoms. The molecule has 8 nitrogen and oxygen atoms in total. The lowest BCUT2D eigenvalue weighted by molar-refractivity contribution is -0.130. The molecule has 2 amide bonds. The standard InChI is InChI=1S/C25H25BrFN5O3/c1-3-24(34)30-22-11-18-21(12-23(22)35-13-16-6-8-32(9-7-16)15(2)33)28-14-29-25(18)31-20-5-4-17(26)10-19(20)27/h3-5,10-12,14,16H,1,6-9,13H2,2H3,(H,30,34)(H,28,29,31). The van der Waals surface area contributed by atoms with Gasteiger partial charge in [-0.15, -0.1) is 0 Å². The van der Waals surface area contributed by atoms with Crippen LogP contribution in [-0.4, -0.2) is 46.4 Å². The van der Waals surface area contributed by atoms with Crippen molar-refractivity contribution in [3.05, 3.63) is 59.6 Å². The minimum absolute atomic E-state index is 0.0837. The van der Waals surface area contributed by atoms with Crippen LogP contribution >= 0.6 is 15.9 Å². The van der Waals surface area contributed by atoms with Gasteiger partial charge in [-0.3, -0.25) is 9.59 Å². The highest BCUT2D eigenvalue weighted by Gasteiger charge is 2.22. The van der Waals surface area contributed by atoms with E-state index < -0.39 is 11.7 Å². The van der Waals surface area contributed by atoms with Crippen LogP contribution < -0.4 is 15.4 Å². The molecule has 0 aliphatic carbocycles. The molecular weight excluding hydrogens is 517 g/mol. The molecule has 3 aromatic rings. The summed E-state index contributed by atoms with van der Waals surface area (Å²) in [6, 6.07) is 8.10. The quantitative estimate of drug-likeness (QED) is 0.407. The van der Waals surface area contributed by atoms with Crippen LogP contribution in [-0.2, 0) is 9.59 Å². The molecule has 182 valence electrons. The number of hydrogen-bond acceptors (Lipinski definition) is 6. The van der Waals surface area contributed by atoms with E-state index in [0.29, 0.717) is 52.3 Å². The number of anilines is 3. The first-order valence-electron chi connectivity index (χ1n) is 11.2. The summed E-state index contributed by atoms with van der Waals surface area (Å²) < 4.78 is 21.1. The summed E-state index contributed by atoms with van der Waals surface area (Å²) in [4.78, 5) is 34.1. The number of carbonyl (C=O) groups excluding carboxylic acids is 2. The van der Waals surface area contributed by atoms with Gasteiger partial charge < -0.3 is 20.3 Å². The Bertz CT molecular complexity index is 1280. The molecule has 10 heteroatoms. The highest BCUT2D eigenvalue weighted by molar-refractivity contribution is 9.10. The Balaban J connectivity index is 1.61. The van der Waals surface area contributed by atoms with Gasteiger partial charge >= 0.3 is 0 Å². The zero-order valence-electron chi connectivity index (χ0n) is 19.2. The fourth-order valence-electron chi connectivity index (χ4n) is 3.92. The Kier molecular flexibility index (Phi) is 7.60. The lowest BCUT2D eigenvalue weighted by Crippen LogP contribution is -2.38. The molecule has 2 aromatic carbocycles. The lowest BCUT2D eigenvalue weighted by atomic mass is 9.98. The largest absolute Gasteiger partial charge is 0.491 e. The number of rotatable bonds is 7. The zero-order valence-corrected chi connectivity index (χ0v) is 20.8. The Morgan fingerprint density at radius 3 is 2.69 bits per heavy atom. The highest BCUT2D eigenvalue weighted by Crippen LogP contribution is 2.34. The lowest BCUT2D eigenvalue weighted by Gasteiger charge is -2.31. The van der Waals surface area contributed by atoms with Gasteiger partial charge in [-0.1, -0.05) is 22.5 Å². The Morgan fingerprint density at radius 1 is 1.23 bits per heavy atom. The van der Waals surface area contributed by atoms with Gasteiger partial charge in [0.05, 0.1) is 23.5 Å². The molecular formula is C25H25BrFN5O3. The number of carbonyl (C=O) groups is 2. The van der Waals surface area contributed by atoms with Crippen molar-refractivity contribution in [1.82, 2.24) is 14.9 Å². The van der Waals surface area contributed by atoms with Crippen molar-refractivity contribution in [2.75, 3.05) is 30.3 Å². The van der Waals surface area contributed by atoms with E-state index in [9.17, 15) is 14.0 Å². The van der Waals surface area contributed by atoms with E-state index in [0.717, 1.165) is 12.8 Å². The van der Waals surface area contributed by atoms with E-state index in [4.69, 9.17) is 4.74 Å². The van der Waals surface area contributed by atoms with E-state index in [2.05, 4.69) is 43.1 Å². The number of amides is 2. The number of fused-ring (bicyclic) bond motifs is 1. The number of likely N-dealkylation sites (tertiary alicyclic amines) is 1. The molecule has 35 heavy (non-hydrogen) atoms. The molecule has 0 bridgehead atoms. The van der Waals surface area contributed by atoms with E-state index in [1.54, 1.807) is 31.2 Å². The van der Waals surface area contributed by atoms with Gasteiger partial charge in [-0.05, 0) is 49.1 Å². The van der Waals surface area contributed by atoms with Gasteiger partial charge in [-0.25, -0.2) is 14.4 Å². The van der Waals surface area contributed by atoms with Crippen molar-refractivity contribution in [2.24, 2.45) is 5.92 Å². The van der Waals surface area contributed by atoms with E-state index in [1.165, 1.54) is 18.5 Å². The SMILES string of the molecule is C=CC(=O)Nc1cc2c(Nc3ccc(Br)cc3F)ncnc2cc1OCC1CCN(C(C)=O)CC1. The van der Waals surface area contributed by atoms with Crippen LogP contribution in [0.4, 0.5) is 21.6 Å². The van der Waals surface area contributed by atoms with Crippen LogP contribution in [0.25, 0.3) is 10.9 Å². The van der Waals surface area contributed by atoms with Crippen molar-refractivity contribution in [2.45, 2.75) is 19.8 Å². The number of ether oxygens (including phenoxy) is 1. The third kappa shape index (κ3) is 5.94. The van der Waals surface area contributed by atoms with Gasteiger partial charge in [0.2, 0.25) is 11.8 Å². The maximum atomic E-state index is 14.4. The molecule has 0 unspecified atom stereocenters. The topological polar surface area (TPSA) is 96.4 Å². The molecule has 0 radical (unpaired) electrons. The number of hydrogen-bond donors (Lipinski definition) is 2. The monoisotopic (exact) mass is 541 g/mol. The smallest absolute Gasteiger partial charge is 0.247 e. The molecule has 1 fully saturated rings. The number of benzene rings is 2. The average Bonchev–Trinajstić information content (AvgIpc) is 2.84. The summed E-state index contributed by atoms with van der Waals surface area (Å²) in [7, 11) is 0. The van der Waals surface area contributed by atoms with Crippen molar-refractivity contribution < 1.29 is 18.7 Å². The van der Waals surface area contributed by atoms with E-state index >= 15 is 0 Å². The molecule has 1 aliphatic rings. The molecule has 0 atom stereocenters. The third-order valence-corrected chi connectivity index (χ3v) is 6.39. The van der Waals surface area contributed by atoms with Crippen LogP contribution in [0.5, 0.6) is 5.75 Å². The van der Waals surface area contributed by atoms with Crippen LogP contribution in [0.1, 0.15) is 19.8 Å². The van der Waals surface area contributed by atoms with Crippen LogP contribution in [0.3, 0.4) is 0 Å². The number of halogens is 2. The van der Waals surface area contributed by atoms with Gasteiger partial charge in [0, 0.05) is 35.9 Å². The van der Waals surface area contributed by atoms with Crippen molar-refractivity contribution in [1.29, 1.82) is 0 Å². The summed E-state index contributed by atoms with van der Waals surface area (Å²) in [6.45, 7) is 6.94. The van der Waals surface area contributed by atoms with Gasteiger partial charge in [0.25, 0.3) is 0 Å². The molecule has 1 aromatic heterocycles. The predicted molar refractivity (Wildman–Crippen MR) is 136 cm³/mol. The fraction of sp³-hybridized carbons (Fsp3) is 0.280. The van der Waals surface area contributed by atoms with Crippen molar-refractivity contribution in [3.63, 3.8) is 0 Å². The molecule has 1 saturated heterocycles. The first kappa shape index (κ1) is 24.6. The molecule has 0 saturated carbocycles. The van der Waals surface area contributed by atoms with Crippen molar-refractivity contribution in [3.8, 4) is 5.75 Å². The highest BCUT2D eigenvalue weighted by atomic mass is 79.9. The average molecular weight is 542 g/mol. The maximum absolute atomic E-state index is 14.4. The first-order chi connectivity index (χ1) is 16.8. The first-order valence-corrected chi connectivity index (χ1v) is 12.0.